The number of nitrogens with zero attached hydrogens (tertiary/aromatic N) is 2. The Morgan fingerprint density at radius 1 is 1.38 bits per heavy atom. The molecule has 2 heterocycles. The lowest BCUT2D eigenvalue weighted by atomic mass is 10.1. The zero-order chi connectivity index (χ0) is 16.8. The van der Waals surface area contributed by atoms with E-state index in [1.54, 1.807) is 18.4 Å². The Morgan fingerprint density at radius 3 is 3.08 bits per heavy atom. The van der Waals surface area contributed by atoms with Gasteiger partial charge in [0.25, 0.3) is 0 Å². The number of hydrogen-bond acceptors (Lipinski definition) is 4. The maximum absolute atomic E-state index is 5.55. The van der Waals surface area contributed by atoms with Gasteiger partial charge in [0, 0.05) is 25.4 Å². The van der Waals surface area contributed by atoms with Crippen LogP contribution < -0.4 is 15.4 Å². The van der Waals surface area contributed by atoms with Gasteiger partial charge in [-0.25, -0.2) is 4.98 Å². The van der Waals surface area contributed by atoms with Gasteiger partial charge in [-0.2, -0.15) is 0 Å². The molecule has 0 fully saturated rings. The highest BCUT2D eigenvalue weighted by Crippen LogP contribution is 2.25. The lowest BCUT2D eigenvalue weighted by Crippen LogP contribution is -2.37. The van der Waals surface area contributed by atoms with Crippen LogP contribution in [0.1, 0.15) is 28.8 Å². The summed E-state index contributed by atoms with van der Waals surface area (Å²) in [5.74, 6) is 1.85. The molecule has 2 aromatic rings. The highest BCUT2D eigenvalue weighted by atomic mass is 32.1. The molecule has 6 heteroatoms. The Morgan fingerprint density at radius 2 is 2.29 bits per heavy atom. The van der Waals surface area contributed by atoms with Gasteiger partial charge in [0.2, 0.25) is 0 Å². The summed E-state index contributed by atoms with van der Waals surface area (Å²) in [5.41, 5.74) is 3.72. The van der Waals surface area contributed by atoms with Crippen molar-refractivity contribution in [1.29, 1.82) is 0 Å². The van der Waals surface area contributed by atoms with E-state index in [1.165, 1.54) is 16.1 Å². The zero-order valence-electron chi connectivity index (χ0n) is 14.3. The van der Waals surface area contributed by atoms with E-state index in [4.69, 9.17) is 4.74 Å². The Kier molecular flexibility index (Phi) is 5.69. The van der Waals surface area contributed by atoms with Gasteiger partial charge in [-0.15, -0.1) is 11.3 Å². The first-order valence-electron chi connectivity index (χ1n) is 8.41. The number of benzene rings is 1. The third-order valence-corrected chi connectivity index (χ3v) is 5.06. The van der Waals surface area contributed by atoms with Crippen molar-refractivity contribution < 1.29 is 4.74 Å². The molecule has 1 aromatic heterocycles. The summed E-state index contributed by atoms with van der Waals surface area (Å²) in [4.78, 5) is 8.83. The number of aryl methyl sites for hydroxylation is 1. The third-order valence-electron chi connectivity index (χ3n) is 4.02. The van der Waals surface area contributed by atoms with Crippen molar-refractivity contribution >= 4 is 17.3 Å². The second-order valence-corrected chi connectivity index (χ2v) is 6.67. The van der Waals surface area contributed by atoms with Crippen molar-refractivity contribution in [1.82, 2.24) is 15.6 Å². The van der Waals surface area contributed by atoms with E-state index < -0.39 is 0 Å². The molecule has 1 aliphatic heterocycles. The summed E-state index contributed by atoms with van der Waals surface area (Å²) in [6.45, 7) is 4.48. The fourth-order valence-electron chi connectivity index (χ4n) is 2.71. The van der Waals surface area contributed by atoms with Crippen LogP contribution in [0.15, 0.2) is 28.6 Å². The van der Waals surface area contributed by atoms with Gasteiger partial charge < -0.3 is 15.4 Å². The second kappa shape index (κ2) is 8.15. The normalized spacial score (nSPS) is 13.5. The zero-order valence-corrected chi connectivity index (χ0v) is 15.1. The molecule has 5 nitrogen and oxygen atoms in total. The van der Waals surface area contributed by atoms with Gasteiger partial charge in [0.05, 0.1) is 23.9 Å². The smallest absolute Gasteiger partial charge is 0.191 e. The molecule has 0 atom stereocenters. The van der Waals surface area contributed by atoms with E-state index in [1.807, 2.05) is 0 Å². The molecule has 128 valence electrons. The van der Waals surface area contributed by atoms with Crippen molar-refractivity contribution in [2.24, 2.45) is 4.99 Å². The van der Waals surface area contributed by atoms with E-state index in [9.17, 15) is 0 Å². The number of rotatable bonds is 6. The molecule has 1 aliphatic rings. The number of fused-ring (bicyclic) bond motifs is 1. The molecule has 0 spiro atoms. The number of ether oxygens (including phenoxy) is 1. The van der Waals surface area contributed by atoms with Crippen molar-refractivity contribution in [3.05, 3.63) is 45.4 Å². The maximum atomic E-state index is 5.55. The van der Waals surface area contributed by atoms with Gasteiger partial charge >= 0.3 is 0 Å². The maximum Gasteiger partial charge on any atom is 0.191 e. The topological polar surface area (TPSA) is 58.5 Å². The van der Waals surface area contributed by atoms with Gasteiger partial charge in [0.15, 0.2) is 5.96 Å². The molecular formula is C18H24N4OS. The number of thiazole rings is 1. The predicted octanol–water partition coefficient (Wildman–Crippen LogP) is 2.55. The molecular weight excluding hydrogens is 320 g/mol. The molecule has 3 rings (SSSR count). The number of hydrogen-bond donors (Lipinski definition) is 2. The summed E-state index contributed by atoms with van der Waals surface area (Å²) < 4.78 is 5.55. The Balaban J connectivity index is 1.44. The number of aliphatic imine (C=N–C) groups is 1. The molecule has 24 heavy (non-hydrogen) atoms. The highest BCUT2D eigenvalue weighted by Gasteiger charge is 2.11. The molecule has 0 radical (unpaired) electrons. The quantitative estimate of drug-likeness (QED) is 0.625. The largest absolute Gasteiger partial charge is 0.493 e. The van der Waals surface area contributed by atoms with Crippen molar-refractivity contribution in [2.75, 3.05) is 20.2 Å². The second-order valence-electron chi connectivity index (χ2n) is 5.73. The summed E-state index contributed by atoms with van der Waals surface area (Å²) in [6.07, 6.45) is 2.97. The first-order valence-corrected chi connectivity index (χ1v) is 9.29. The van der Waals surface area contributed by atoms with Crippen LogP contribution in [-0.2, 0) is 25.8 Å². The lowest BCUT2D eigenvalue weighted by molar-refractivity contribution is 0.357. The molecule has 1 aromatic carbocycles. The first kappa shape index (κ1) is 16.8. The molecule has 0 saturated carbocycles. The fourth-order valence-corrected chi connectivity index (χ4v) is 3.45. The van der Waals surface area contributed by atoms with E-state index in [-0.39, 0.29) is 0 Å². The van der Waals surface area contributed by atoms with Crippen molar-refractivity contribution in [2.45, 2.75) is 32.7 Å². The van der Waals surface area contributed by atoms with Gasteiger partial charge in [-0.1, -0.05) is 19.1 Å². The van der Waals surface area contributed by atoms with E-state index >= 15 is 0 Å². The summed E-state index contributed by atoms with van der Waals surface area (Å²) >= 11 is 1.71. The Labute approximate surface area is 147 Å². The van der Waals surface area contributed by atoms with Crippen LogP contribution in [0, 0.1) is 0 Å². The van der Waals surface area contributed by atoms with E-state index in [0.717, 1.165) is 49.8 Å². The van der Waals surface area contributed by atoms with Crippen LogP contribution in [0.3, 0.4) is 0 Å². The third kappa shape index (κ3) is 4.26. The van der Waals surface area contributed by atoms with Crippen LogP contribution in [0.5, 0.6) is 5.75 Å². The van der Waals surface area contributed by atoms with Gasteiger partial charge in [0.1, 0.15) is 5.75 Å². The molecule has 0 aliphatic carbocycles. The molecule has 0 bridgehead atoms. The number of aromatic nitrogens is 1. The molecule has 0 unspecified atom stereocenters. The lowest BCUT2D eigenvalue weighted by Gasteiger charge is -2.11. The minimum absolute atomic E-state index is 0.701. The summed E-state index contributed by atoms with van der Waals surface area (Å²) in [7, 11) is 1.79. The van der Waals surface area contributed by atoms with Crippen LogP contribution in [0.25, 0.3) is 0 Å². The van der Waals surface area contributed by atoms with E-state index in [0.29, 0.717) is 6.54 Å². The van der Waals surface area contributed by atoms with Gasteiger partial charge in [-0.05, 0) is 30.0 Å². The minimum Gasteiger partial charge on any atom is -0.493 e. The summed E-state index contributed by atoms with van der Waals surface area (Å²) in [6, 6.07) is 6.48. The van der Waals surface area contributed by atoms with Crippen molar-refractivity contribution in [3.63, 3.8) is 0 Å². The Hall–Kier alpha value is -2.08. The van der Waals surface area contributed by atoms with E-state index in [2.05, 4.69) is 51.1 Å². The summed E-state index contributed by atoms with van der Waals surface area (Å²) in [5, 5.41) is 9.95. The van der Waals surface area contributed by atoms with Gasteiger partial charge in [-0.3, -0.25) is 4.99 Å². The molecule has 2 N–H and O–H groups in total. The number of nitrogens with one attached hydrogen (secondary N) is 2. The van der Waals surface area contributed by atoms with Crippen molar-refractivity contribution in [3.8, 4) is 5.75 Å². The molecule has 0 saturated heterocycles. The van der Waals surface area contributed by atoms with Crippen LogP contribution in [-0.4, -0.2) is 31.1 Å². The fraction of sp³-hybridized carbons (Fsp3) is 0.444. The van der Waals surface area contributed by atoms with Crippen LogP contribution >= 0.6 is 11.3 Å². The number of guanidine groups is 1. The van der Waals surface area contributed by atoms with Crippen LogP contribution in [0.4, 0.5) is 0 Å². The predicted molar refractivity (Wildman–Crippen MR) is 99.0 cm³/mol. The Bertz CT molecular complexity index is 711. The highest BCUT2D eigenvalue weighted by molar-refractivity contribution is 7.09. The standard InChI is InChI=1S/C18H24N4OS/c1-3-17-22-15(12-24-17)11-21-18(19-2)20-8-6-13-4-5-16-14(10-13)7-9-23-16/h4-5,10,12H,3,6-9,11H2,1-2H3,(H2,19,20,21). The monoisotopic (exact) mass is 344 g/mol. The molecule has 0 amide bonds. The minimum atomic E-state index is 0.701. The van der Waals surface area contributed by atoms with Crippen LogP contribution in [0.2, 0.25) is 0 Å². The average Bonchev–Trinajstić information content (AvgIpc) is 3.26. The first-order chi connectivity index (χ1) is 11.8. The average molecular weight is 344 g/mol. The SMILES string of the molecule is CCc1nc(CNC(=NC)NCCc2ccc3c(c2)CCO3)cs1.